The van der Waals surface area contributed by atoms with Crippen LogP contribution in [-0.4, -0.2) is 10.1 Å². The maximum atomic E-state index is 13.4. The highest BCUT2D eigenvalue weighted by atomic mass is 35.5. The van der Waals surface area contributed by atoms with Gasteiger partial charge < -0.3 is 10.6 Å². The van der Waals surface area contributed by atoms with E-state index in [1.54, 1.807) is 36.5 Å². The van der Waals surface area contributed by atoms with Crippen LogP contribution in [0.4, 0.5) is 15.8 Å². The lowest BCUT2D eigenvalue weighted by atomic mass is 10.3. The van der Waals surface area contributed by atoms with Crippen molar-refractivity contribution in [1.82, 2.24) is 4.98 Å². The van der Waals surface area contributed by atoms with Crippen molar-refractivity contribution in [3.63, 3.8) is 0 Å². The topological polar surface area (TPSA) is 37.0 Å². The van der Waals surface area contributed by atoms with Gasteiger partial charge in [0.2, 0.25) is 0 Å². The smallest absolute Gasteiger partial charge is 0.175 e. The average Bonchev–Trinajstić information content (AvgIpc) is 2.35. The first-order chi connectivity index (χ1) is 8.66. The summed E-state index contributed by atoms with van der Waals surface area (Å²) in [6.07, 6.45) is 1.57. The van der Waals surface area contributed by atoms with Crippen LogP contribution in [0, 0.1) is 5.82 Å². The molecule has 0 saturated carbocycles. The standard InChI is InChI=1S/C12H9ClFN3S/c13-11-10(6-3-7-15-11)17-12(18)16-9-5-2-1-4-8(9)14/h1-7H,(H2,16,17,18). The Bertz CT molecular complexity index is 527. The van der Waals surface area contributed by atoms with Crippen LogP contribution in [0.5, 0.6) is 0 Å². The summed E-state index contributed by atoms with van der Waals surface area (Å²) in [6.45, 7) is 0. The zero-order valence-corrected chi connectivity index (χ0v) is 10.7. The molecule has 92 valence electrons. The Kier molecular flexibility index (Phi) is 4.07. The fraction of sp³-hybridized carbons (Fsp3) is 0. The number of rotatable bonds is 2. The third kappa shape index (κ3) is 3.15. The highest BCUT2D eigenvalue weighted by Gasteiger charge is 2.05. The SMILES string of the molecule is Fc1ccccc1NC(=S)Nc1cccnc1Cl. The van der Waals surface area contributed by atoms with E-state index in [1.165, 1.54) is 6.07 Å². The molecule has 0 amide bonds. The van der Waals surface area contributed by atoms with Crippen molar-refractivity contribution in [2.45, 2.75) is 0 Å². The first kappa shape index (κ1) is 12.7. The number of pyridine rings is 1. The van der Waals surface area contributed by atoms with Crippen LogP contribution in [-0.2, 0) is 0 Å². The van der Waals surface area contributed by atoms with Gasteiger partial charge in [0.05, 0.1) is 11.4 Å². The fourth-order valence-corrected chi connectivity index (χ4v) is 1.70. The second-order valence-corrected chi connectivity index (χ2v) is 4.17. The molecule has 1 heterocycles. The number of para-hydroxylation sites is 1. The maximum absolute atomic E-state index is 13.4. The van der Waals surface area contributed by atoms with Crippen molar-refractivity contribution in [3.8, 4) is 0 Å². The van der Waals surface area contributed by atoms with E-state index in [0.29, 0.717) is 16.5 Å². The van der Waals surface area contributed by atoms with Gasteiger partial charge in [-0.05, 0) is 36.5 Å². The van der Waals surface area contributed by atoms with Crippen LogP contribution >= 0.6 is 23.8 Å². The minimum atomic E-state index is -0.376. The summed E-state index contributed by atoms with van der Waals surface area (Å²) in [5.74, 6) is -0.376. The van der Waals surface area contributed by atoms with Gasteiger partial charge in [-0.15, -0.1) is 0 Å². The Labute approximate surface area is 114 Å². The molecule has 0 aliphatic carbocycles. The van der Waals surface area contributed by atoms with E-state index in [2.05, 4.69) is 15.6 Å². The quantitative estimate of drug-likeness (QED) is 0.650. The predicted octanol–water partition coefficient (Wildman–Crippen LogP) is 3.68. The molecule has 0 spiro atoms. The minimum Gasteiger partial charge on any atom is -0.330 e. The Hall–Kier alpha value is -1.72. The predicted molar refractivity (Wildman–Crippen MR) is 75.5 cm³/mol. The van der Waals surface area contributed by atoms with Crippen LogP contribution in [0.3, 0.4) is 0 Å². The highest BCUT2D eigenvalue weighted by Crippen LogP contribution is 2.18. The lowest BCUT2D eigenvalue weighted by Gasteiger charge is -2.11. The molecule has 0 saturated heterocycles. The molecule has 1 aromatic carbocycles. The van der Waals surface area contributed by atoms with Gasteiger partial charge in [0.15, 0.2) is 10.3 Å². The van der Waals surface area contributed by atoms with Crippen molar-refractivity contribution in [3.05, 3.63) is 53.6 Å². The summed E-state index contributed by atoms with van der Waals surface area (Å²) in [5, 5.41) is 6.14. The van der Waals surface area contributed by atoms with E-state index in [-0.39, 0.29) is 10.9 Å². The van der Waals surface area contributed by atoms with Gasteiger partial charge in [-0.2, -0.15) is 0 Å². The van der Waals surface area contributed by atoms with Crippen molar-refractivity contribution < 1.29 is 4.39 Å². The molecule has 0 atom stereocenters. The number of hydrogen-bond donors (Lipinski definition) is 2. The lowest BCUT2D eigenvalue weighted by Crippen LogP contribution is -2.20. The van der Waals surface area contributed by atoms with Gasteiger partial charge in [-0.1, -0.05) is 23.7 Å². The first-order valence-electron chi connectivity index (χ1n) is 5.10. The largest absolute Gasteiger partial charge is 0.330 e. The number of anilines is 2. The van der Waals surface area contributed by atoms with E-state index in [1.807, 2.05) is 0 Å². The van der Waals surface area contributed by atoms with E-state index in [4.69, 9.17) is 23.8 Å². The van der Waals surface area contributed by atoms with Crippen molar-refractivity contribution in [2.75, 3.05) is 10.6 Å². The Morgan fingerprint density at radius 3 is 2.50 bits per heavy atom. The van der Waals surface area contributed by atoms with Gasteiger partial charge in [-0.3, -0.25) is 0 Å². The highest BCUT2D eigenvalue weighted by molar-refractivity contribution is 7.80. The van der Waals surface area contributed by atoms with Crippen molar-refractivity contribution >= 4 is 40.3 Å². The average molecular weight is 282 g/mol. The lowest BCUT2D eigenvalue weighted by molar-refractivity contribution is 0.632. The minimum absolute atomic E-state index is 0.245. The number of thiocarbonyl (C=S) groups is 1. The zero-order chi connectivity index (χ0) is 13.0. The molecule has 1 aromatic heterocycles. The van der Waals surface area contributed by atoms with Crippen LogP contribution in [0.2, 0.25) is 5.15 Å². The number of halogens is 2. The Morgan fingerprint density at radius 2 is 1.78 bits per heavy atom. The van der Waals surface area contributed by atoms with Gasteiger partial charge in [0.1, 0.15) is 5.82 Å². The summed E-state index contributed by atoms with van der Waals surface area (Å²) >= 11 is 10.9. The molecule has 0 bridgehead atoms. The first-order valence-corrected chi connectivity index (χ1v) is 5.88. The van der Waals surface area contributed by atoms with E-state index in [9.17, 15) is 4.39 Å². The Morgan fingerprint density at radius 1 is 1.11 bits per heavy atom. The van der Waals surface area contributed by atoms with Gasteiger partial charge in [-0.25, -0.2) is 9.37 Å². The molecule has 0 fully saturated rings. The molecule has 6 heteroatoms. The Balaban J connectivity index is 2.06. The van der Waals surface area contributed by atoms with Gasteiger partial charge in [0, 0.05) is 6.20 Å². The second kappa shape index (κ2) is 5.75. The zero-order valence-electron chi connectivity index (χ0n) is 9.15. The molecule has 18 heavy (non-hydrogen) atoms. The van der Waals surface area contributed by atoms with Crippen LogP contribution in [0.25, 0.3) is 0 Å². The maximum Gasteiger partial charge on any atom is 0.175 e. The van der Waals surface area contributed by atoms with Crippen LogP contribution < -0.4 is 10.6 Å². The summed E-state index contributed by atoms with van der Waals surface area (Å²) < 4.78 is 13.4. The molecular weight excluding hydrogens is 273 g/mol. The molecule has 0 aliphatic rings. The summed E-state index contributed by atoms with van der Waals surface area (Å²) in [6, 6.07) is 9.71. The normalized spacial score (nSPS) is 9.89. The van der Waals surface area contributed by atoms with E-state index >= 15 is 0 Å². The fourth-order valence-electron chi connectivity index (χ4n) is 1.32. The summed E-state index contributed by atoms with van der Waals surface area (Å²) in [7, 11) is 0. The molecule has 0 aliphatic heterocycles. The molecular formula is C12H9ClFN3S. The number of benzene rings is 1. The van der Waals surface area contributed by atoms with Crippen LogP contribution in [0.1, 0.15) is 0 Å². The second-order valence-electron chi connectivity index (χ2n) is 3.40. The number of nitrogens with zero attached hydrogens (tertiary/aromatic N) is 1. The molecule has 0 unspecified atom stereocenters. The molecule has 2 rings (SSSR count). The monoisotopic (exact) mass is 281 g/mol. The van der Waals surface area contributed by atoms with Crippen molar-refractivity contribution in [1.29, 1.82) is 0 Å². The molecule has 2 N–H and O–H groups in total. The van der Waals surface area contributed by atoms with Gasteiger partial charge in [0.25, 0.3) is 0 Å². The van der Waals surface area contributed by atoms with Crippen LogP contribution in [0.15, 0.2) is 42.6 Å². The number of hydrogen-bond acceptors (Lipinski definition) is 2. The third-order valence-electron chi connectivity index (χ3n) is 2.13. The molecule has 2 aromatic rings. The van der Waals surface area contributed by atoms with Crippen molar-refractivity contribution in [2.24, 2.45) is 0 Å². The molecule has 3 nitrogen and oxygen atoms in total. The van der Waals surface area contributed by atoms with E-state index < -0.39 is 0 Å². The number of aromatic nitrogens is 1. The number of nitrogens with one attached hydrogen (secondary N) is 2. The van der Waals surface area contributed by atoms with Gasteiger partial charge >= 0.3 is 0 Å². The molecule has 0 radical (unpaired) electrons. The van der Waals surface area contributed by atoms with E-state index in [0.717, 1.165) is 0 Å². The summed E-state index contributed by atoms with van der Waals surface area (Å²) in [5.41, 5.74) is 0.864. The third-order valence-corrected chi connectivity index (χ3v) is 2.63. The summed E-state index contributed by atoms with van der Waals surface area (Å²) in [4.78, 5) is 3.90.